The van der Waals surface area contributed by atoms with Gasteiger partial charge in [-0.1, -0.05) is 79.7 Å². The number of rotatable bonds is 11. The molecule has 0 aliphatic carbocycles. The first-order valence-electron chi connectivity index (χ1n) is 14.7. The van der Waals surface area contributed by atoms with Gasteiger partial charge in [-0.15, -0.1) is 10.2 Å². The molecule has 0 saturated carbocycles. The zero-order valence-electron chi connectivity index (χ0n) is 24.2. The second-order valence-electron chi connectivity index (χ2n) is 10.7. The van der Waals surface area contributed by atoms with Gasteiger partial charge in [0.05, 0.1) is 18.2 Å². The fourth-order valence-corrected chi connectivity index (χ4v) is 5.50. The highest BCUT2D eigenvalue weighted by Gasteiger charge is 2.26. The van der Waals surface area contributed by atoms with Crippen molar-refractivity contribution >= 4 is 22.6 Å². The molecular formula is C35H35N7O. The number of pyridine rings is 1. The molecule has 6 rings (SSSR count). The van der Waals surface area contributed by atoms with E-state index in [-0.39, 0.29) is 11.7 Å². The van der Waals surface area contributed by atoms with Crippen LogP contribution in [0.1, 0.15) is 57.2 Å². The van der Waals surface area contributed by atoms with Crippen LogP contribution in [0.25, 0.3) is 10.9 Å². The number of carbonyl (C=O) groups excluding carboxylic acids is 1. The van der Waals surface area contributed by atoms with Crippen LogP contribution in [0.4, 0.5) is 5.82 Å². The van der Waals surface area contributed by atoms with Crippen LogP contribution in [0, 0.1) is 0 Å². The van der Waals surface area contributed by atoms with Crippen molar-refractivity contribution < 1.29 is 4.79 Å². The smallest absolute Gasteiger partial charge is 0.255 e. The Kier molecular flexibility index (Phi) is 8.26. The first kappa shape index (κ1) is 27.9. The number of hydrogen-bond acceptors (Lipinski definition) is 5. The van der Waals surface area contributed by atoms with Gasteiger partial charge in [-0.05, 0) is 53.3 Å². The number of amides is 1. The van der Waals surface area contributed by atoms with Gasteiger partial charge >= 0.3 is 0 Å². The number of nitrogens with two attached hydrogens (primary N) is 1. The summed E-state index contributed by atoms with van der Waals surface area (Å²) in [4.78, 5) is 21.1. The summed E-state index contributed by atoms with van der Waals surface area (Å²) in [6, 6.07) is 30.1. The maximum absolute atomic E-state index is 13.6. The molecule has 4 N–H and O–H groups in total. The number of nitrogens with one attached hydrogen (secondary N) is 2. The number of carbonyl (C=O) groups is 1. The fourth-order valence-electron chi connectivity index (χ4n) is 5.50. The van der Waals surface area contributed by atoms with E-state index in [0.717, 1.165) is 40.7 Å². The number of aromatic amines is 1. The average molecular weight is 570 g/mol. The second-order valence-corrected chi connectivity index (χ2v) is 10.7. The Morgan fingerprint density at radius 2 is 1.65 bits per heavy atom. The minimum Gasteiger partial charge on any atom is -0.383 e. The van der Waals surface area contributed by atoms with E-state index < -0.39 is 6.04 Å². The highest BCUT2D eigenvalue weighted by atomic mass is 16.1. The highest BCUT2D eigenvalue weighted by molar-refractivity contribution is 5.98. The largest absolute Gasteiger partial charge is 0.383 e. The lowest BCUT2D eigenvalue weighted by molar-refractivity contribution is 0.0934. The van der Waals surface area contributed by atoms with Gasteiger partial charge in [-0.2, -0.15) is 0 Å². The van der Waals surface area contributed by atoms with Crippen molar-refractivity contribution in [2.75, 3.05) is 5.73 Å². The molecule has 0 saturated heterocycles. The molecule has 0 spiro atoms. The molecule has 3 heterocycles. The van der Waals surface area contributed by atoms with E-state index in [0.29, 0.717) is 30.8 Å². The molecule has 216 valence electrons. The summed E-state index contributed by atoms with van der Waals surface area (Å²) in [5, 5.41) is 13.8. The molecule has 0 aliphatic rings. The van der Waals surface area contributed by atoms with E-state index in [4.69, 9.17) is 10.8 Å². The first-order valence-corrected chi connectivity index (χ1v) is 14.7. The van der Waals surface area contributed by atoms with Crippen molar-refractivity contribution in [3.8, 4) is 0 Å². The number of fused-ring (bicyclic) bond motifs is 1. The Morgan fingerprint density at radius 3 is 2.44 bits per heavy atom. The highest BCUT2D eigenvalue weighted by Crippen LogP contribution is 2.26. The summed E-state index contributed by atoms with van der Waals surface area (Å²) < 4.78 is 2.16. The summed E-state index contributed by atoms with van der Waals surface area (Å²) in [5.41, 5.74) is 12.2. The van der Waals surface area contributed by atoms with Crippen LogP contribution in [0.3, 0.4) is 0 Å². The average Bonchev–Trinajstić information content (AvgIpc) is 3.64. The van der Waals surface area contributed by atoms with Crippen LogP contribution >= 0.6 is 0 Å². The van der Waals surface area contributed by atoms with Crippen LogP contribution in [0.2, 0.25) is 0 Å². The molecule has 0 radical (unpaired) electrons. The number of aryl methyl sites for hydroxylation is 3. The number of nitrogens with zero attached hydrogens (tertiary/aromatic N) is 4. The molecule has 6 aromatic rings. The van der Waals surface area contributed by atoms with Crippen molar-refractivity contribution in [3.63, 3.8) is 0 Å². The van der Waals surface area contributed by atoms with Crippen LogP contribution in [-0.2, 0) is 32.2 Å². The van der Waals surface area contributed by atoms with Gasteiger partial charge in [0.2, 0.25) is 0 Å². The van der Waals surface area contributed by atoms with Crippen molar-refractivity contribution in [1.29, 1.82) is 0 Å². The number of benzene rings is 3. The fraction of sp³-hybridized carbons (Fsp3) is 0.200. The molecule has 0 fully saturated rings. The van der Waals surface area contributed by atoms with Gasteiger partial charge in [0.1, 0.15) is 11.6 Å². The number of aromatic nitrogens is 5. The van der Waals surface area contributed by atoms with Gasteiger partial charge in [-0.25, -0.2) is 4.98 Å². The molecule has 8 heteroatoms. The third-order valence-corrected chi connectivity index (χ3v) is 7.91. The van der Waals surface area contributed by atoms with E-state index in [2.05, 4.69) is 86.5 Å². The zero-order valence-corrected chi connectivity index (χ0v) is 24.2. The predicted molar refractivity (Wildman–Crippen MR) is 170 cm³/mol. The SMILES string of the molecule is CCc1ccc(Cn2c(CCc3ccccc3)nnc2C(Cc2c[nH]c3ccccc23)NC(=O)c2cccnc2N)cc1. The van der Waals surface area contributed by atoms with Crippen molar-refractivity contribution in [2.45, 2.75) is 45.2 Å². The van der Waals surface area contributed by atoms with Gasteiger partial charge < -0.3 is 20.6 Å². The lowest BCUT2D eigenvalue weighted by Gasteiger charge is -2.21. The minimum atomic E-state index is -0.473. The van der Waals surface area contributed by atoms with E-state index in [9.17, 15) is 4.79 Å². The predicted octanol–water partition coefficient (Wildman–Crippen LogP) is 5.85. The van der Waals surface area contributed by atoms with Crippen molar-refractivity contribution in [3.05, 3.63) is 143 Å². The summed E-state index contributed by atoms with van der Waals surface area (Å²) in [7, 11) is 0. The number of nitrogen functional groups attached to an aromatic ring is 1. The summed E-state index contributed by atoms with van der Waals surface area (Å²) in [6.07, 6.45) is 6.63. The van der Waals surface area contributed by atoms with E-state index in [1.807, 2.05) is 30.5 Å². The van der Waals surface area contributed by atoms with Crippen LogP contribution < -0.4 is 11.1 Å². The van der Waals surface area contributed by atoms with Crippen molar-refractivity contribution in [1.82, 2.24) is 30.0 Å². The van der Waals surface area contributed by atoms with E-state index in [1.54, 1.807) is 18.3 Å². The van der Waals surface area contributed by atoms with Gasteiger partial charge in [-0.3, -0.25) is 4.79 Å². The molecule has 8 nitrogen and oxygen atoms in total. The maximum atomic E-state index is 13.6. The van der Waals surface area contributed by atoms with Crippen LogP contribution in [0.15, 0.2) is 103 Å². The molecule has 43 heavy (non-hydrogen) atoms. The summed E-state index contributed by atoms with van der Waals surface area (Å²) in [6.45, 7) is 2.74. The van der Waals surface area contributed by atoms with E-state index in [1.165, 1.54) is 11.1 Å². The van der Waals surface area contributed by atoms with Gasteiger partial charge in [0.15, 0.2) is 5.82 Å². The zero-order chi connectivity index (χ0) is 29.6. The lowest BCUT2D eigenvalue weighted by Crippen LogP contribution is -2.33. The molecule has 0 bridgehead atoms. The standard InChI is InChI=1S/C35H35N7O/c1-2-24-14-16-26(17-15-24)23-42-32(19-18-25-9-4-3-5-10-25)40-41-34(42)31(39-35(43)29-12-8-20-37-33(29)36)21-27-22-38-30-13-7-6-11-28(27)30/h3-17,20,22,31,38H,2,18-19,21,23H2,1H3,(H2,36,37)(H,39,43). The molecular weight excluding hydrogens is 534 g/mol. The normalized spacial score (nSPS) is 11.9. The molecule has 3 aromatic heterocycles. The number of anilines is 1. The quantitative estimate of drug-likeness (QED) is 0.181. The summed E-state index contributed by atoms with van der Waals surface area (Å²) >= 11 is 0. The summed E-state index contributed by atoms with van der Waals surface area (Å²) in [5.74, 6) is 1.45. The molecule has 0 aliphatic heterocycles. The number of para-hydroxylation sites is 1. The third kappa shape index (κ3) is 6.33. The topological polar surface area (TPSA) is 115 Å². The second kappa shape index (κ2) is 12.7. The Hall–Kier alpha value is -5.24. The first-order chi connectivity index (χ1) is 21.1. The van der Waals surface area contributed by atoms with Crippen molar-refractivity contribution in [2.24, 2.45) is 0 Å². The Bertz CT molecular complexity index is 1820. The van der Waals surface area contributed by atoms with Gasteiger partial charge in [0.25, 0.3) is 5.91 Å². The van der Waals surface area contributed by atoms with E-state index >= 15 is 0 Å². The molecule has 1 atom stereocenters. The van der Waals surface area contributed by atoms with Crippen LogP contribution in [0.5, 0.6) is 0 Å². The monoisotopic (exact) mass is 569 g/mol. The van der Waals surface area contributed by atoms with Crippen LogP contribution in [-0.4, -0.2) is 30.6 Å². The maximum Gasteiger partial charge on any atom is 0.255 e. The molecule has 1 amide bonds. The lowest BCUT2D eigenvalue weighted by atomic mass is 10.0. The number of hydrogen-bond donors (Lipinski definition) is 3. The Balaban J connectivity index is 1.39. The Morgan fingerprint density at radius 1 is 0.884 bits per heavy atom. The minimum absolute atomic E-state index is 0.187. The van der Waals surface area contributed by atoms with Gasteiger partial charge in [0, 0.05) is 36.1 Å². The molecule has 1 unspecified atom stereocenters. The number of H-pyrrole nitrogens is 1. The molecule has 3 aromatic carbocycles. The Labute approximate surface area is 251 Å². The third-order valence-electron chi connectivity index (χ3n) is 7.91.